The molecule has 0 fully saturated rings. The molecule has 37 heavy (non-hydrogen) atoms. The highest BCUT2D eigenvalue weighted by molar-refractivity contribution is 7.85. The largest absolute Gasteiger partial charge is 0.417 e. The second-order valence-corrected chi connectivity index (χ2v) is 17.4. The summed E-state index contributed by atoms with van der Waals surface area (Å²) in [5, 5.41) is 1.31. The van der Waals surface area contributed by atoms with E-state index in [2.05, 4.69) is 26.0 Å². The van der Waals surface area contributed by atoms with Crippen LogP contribution in [0, 0.1) is 0 Å². The van der Waals surface area contributed by atoms with Crippen LogP contribution in [0.2, 0.25) is 19.6 Å². The summed E-state index contributed by atoms with van der Waals surface area (Å²) >= 11 is 0. The van der Waals surface area contributed by atoms with E-state index < -0.39 is 31.4 Å². The molecule has 7 heteroatoms. The lowest BCUT2D eigenvalue weighted by Crippen LogP contribution is -2.35. The van der Waals surface area contributed by atoms with Crippen molar-refractivity contribution in [1.82, 2.24) is 0 Å². The van der Waals surface area contributed by atoms with Gasteiger partial charge in [0.25, 0.3) is 0 Å². The first-order valence-electron chi connectivity index (χ1n) is 12.9. The molecule has 0 amide bonds. The Kier molecular flexibility index (Phi) is 8.82. The number of benzene rings is 3. The van der Waals surface area contributed by atoms with Gasteiger partial charge in [0.1, 0.15) is 0 Å². The van der Waals surface area contributed by atoms with Crippen LogP contribution in [0.15, 0.2) is 58.3 Å². The summed E-state index contributed by atoms with van der Waals surface area (Å²) in [5.41, 5.74) is 2.91. The van der Waals surface area contributed by atoms with Crippen LogP contribution in [-0.4, -0.2) is 18.7 Å². The van der Waals surface area contributed by atoms with E-state index in [-0.39, 0.29) is 28.2 Å². The van der Waals surface area contributed by atoms with Crippen LogP contribution in [-0.2, 0) is 15.2 Å². The maximum absolute atomic E-state index is 14.7. The third-order valence-electron chi connectivity index (χ3n) is 6.41. The first-order chi connectivity index (χ1) is 17.0. The Hall–Kier alpha value is -1.96. The molecular weight excluding hydrogens is 509 g/mol. The van der Waals surface area contributed by atoms with E-state index in [0.717, 1.165) is 22.1 Å². The number of alkyl halides is 3. The van der Waals surface area contributed by atoms with Crippen molar-refractivity contribution in [2.75, 3.05) is 0 Å². The molecule has 3 aromatic carbocycles. The van der Waals surface area contributed by atoms with Crippen LogP contribution < -0.4 is 0 Å². The van der Waals surface area contributed by atoms with Gasteiger partial charge in [0.15, 0.2) is 14.4 Å². The fraction of sp³-hybridized carbons (Fsp3) is 0.467. The molecule has 0 spiro atoms. The molecule has 0 heterocycles. The first-order valence-corrected chi connectivity index (χ1v) is 17.4. The van der Waals surface area contributed by atoms with Crippen LogP contribution in [0.25, 0.3) is 10.8 Å². The highest BCUT2D eigenvalue weighted by Gasteiger charge is 2.46. The molecule has 2 atom stereocenters. The molecule has 0 aromatic heterocycles. The van der Waals surface area contributed by atoms with Crippen LogP contribution in [0.5, 0.6) is 0 Å². The lowest BCUT2D eigenvalue weighted by atomic mass is 9.89. The highest BCUT2D eigenvalue weighted by atomic mass is 32.2. The number of rotatable bonds is 8. The lowest BCUT2D eigenvalue weighted by molar-refractivity contribution is -0.201. The maximum atomic E-state index is 14.7. The zero-order valence-electron chi connectivity index (χ0n) is 23.3. The van der Waals surface area contributed by atoms with Crippen LogP contribution in [0.4, 0.5) is 13.2 Å². The molecule has 0 unspecified atom stereocenters. The topological polar surface area (TPSA) is 26.3 Å². The van der Waals surface area contributed by atoms with Gasteiger partial charge in [-0.1, -0.05) is 90.1 Å². The summed E-state index contributed by atoms with van der Waals surface area (Å²) in [6.07, 6.45) is -6.80. The standard InChI is InChI=1S/C30H39F3O2SSi/c1-18(2)22-16-25(19(3)4)28(26(17-22)20(5)6)36(34)27-23-13-11-10-12-21(23)14-15-24(27)29(30(31,32)33)35-37(7,8)9/h10-20,29H,1-9H3/t29-,36+/m1/s1. The van der Waals surface area contributed by atoms with Gasteiger partial charge in [0, 0.05) is 5.56 Å². The average molecular weight is 549 g/mol. The van der Waals surface area contributed by atoms with E-state index in [1.54, 1.807) is 37.8 Å². The average Bonchev–Trinajstić information content (AvgIpc) is 2.79. The highest BCUT2D eigenvalue weighted by Crippen LogP contribution is 2.45. The molecule has 3 aromatic rings. The molecule has 0 aliphatic heterocycles. The van der Waals surface area contributed by atoms with Gasteiger partial charge in [-0.05, 0) is 64.9 Å². The lowest BCUT2D eigenvalue weighted by Gasteiger charge is -2.30. The normalized spacial score (nSPS) is 14.7. The summed E-state index contributed by atoms with van der Waals surface area (Å²) < 4.78 is 64.1. The minimum absolute atomic E-state index is 0.0465. The van der Waals surface area contributed by atoms with Gasteiger partial charge >= 0.3 is 6.18 Å². The number of hydrogen-bond donors (Lipinski definition) is 0. The fourth-order valence-electron chi connectivity index (χ4n) is 4.54. The third kappa shape index (κ3) is 6.55. The van der Waals surface area contributed by atoms with Gasteiger partial charge in [-0.15, -0.1) is 0 Å². The number of fused-ring (bicyclic) bond motifs is 1. The molecule has 0 radical (unpaired) electrons. The van der Waals surface area contributed by atoms with Crippen molar-refractivity contribution in [3.05, 3.63) is 70.8 Å². The van der Waals surface area contributed by atoms with E-state index in [1.165, 1.54) is 6.07 Å². The Balaban J connectivity index is 2.45. The van der Waals surface area contributed by atoms with E-state index in [4.69, 9.17) is 4.43 Å². The smallest absolute Gasteiger partial charge is 0.403 e. The van der Waals surface area contributed by atoms with Gasteiger partial charge in [-0.25, -0.2) is 4.21 Å². The first kappa shape index (κ1) is 29.6. The molecular formula is C30H39F3O2SSi. The second kappa shape index (κ2) is 11.0. The molecule has 0 bridgehead atoms. The Morgan fingerprint density at radius 2 is 1.30 bits per heavy atom. The Labute approximate surface area is 223 Å². The second-order valence-electron chi connectivity index (χ2n) is 11.6. The minimum Gasteiger partial charge on any atom is -0.403 e. The quantitative estimate of drug-likeness (QED) is 0.262. The SMILES string of the molecule is CC(C)c1cc(C(C)C)c([S@@](=O)c2c([C@@H](O[Si](C)(C)C)C(F)(F)F)ccc3ccccc23)c(C(C)C)c1. The van der Waals surface area contributed by atoms with Crippen LogP contribution in [0.1, 0.15) is 87.7 Å². The number of halogens is 3. The zero-order valence-corrected chi connectivity index (χ0v) is 25.1. The monoisotopic (exact) mass is 548 g/mol. The Morgan fingerprint density at radius 3 is 1.76 bits per heavy atom. The van der Waals surface area contributed by atoms with Crippen molar-refractivity contribution in [3.8, 4) is 0 Å². The Morgan fingerprint density at radius 1 is 0.757 bits per heavy atom. The van der Waals surface area contributed by atoms with Gasteiger partial charge < -0.3 is 4.43 Å². The molecule has 2 nitrogen and oxygen atoms in total. The van der Waals surface area contributed by atoms with Gasteiger partial charge in [0.2, 0.25) is 0 Å². The molecule has 0 aliphatic rings. The van der Waals surface area contributed by atoms with Crippen molar-refractivity contribution in [3.63, 3.8) is 0 Å². The van der Waals surface area contributed by atoms with Crippen molar-refractivity contribution in [1.29, 1.82) is 0 Å². The zero-order chi connectivity index (χ0) is 27.9. The molecule has 202 valence electrons. The van der Waals surface area contributed by atoms with E-state index in [9.17, 15) is 17.4 Å². The summed E-state index contributed by atoms with van der Waals surface area (Å²) in [7, 11) is -4.48. The van der Waals surface area contributed by atoms with Gasteiger partial charge in [0.05, 0.1) is 20.6 Å². The van der Waals surface area contributed by atoms with E-state index >= 15 is 0 Å². The van der Waals surface area contributed by atoms with Crippen LogP contribution in [0.3, 0.4) is 0 Å². The van der Waals surface area contributed by atoms with E-state index in [1.807, 2.05) is 39.8 Å². The Bertz CT molecular complexity index is 1260. The van der Waals surface area contributed by atoms with E-state index in [0.29, 0.717) is 10.3 Å². The van der Waals surface area contributed by atoms with Gasteiger partial charge in [-0.2, -0.15) is 13.2 Å². The van der Waals surface area contributed by atoms with Crippen LogP contribution >= 0.6 is 0 Å². The number of hydrogen-bond acceptors (Lipinski definition) is 2. The predicted octanol–water partition coefficient (Wildman–Crippen LogP) is 9.83. The van der Waals surface area contributed by atoms with Gasteiger partial charge in [-0.3, -0.25) is 0 Å². The molecule has 0 saturated carbocycles. The van der Waals surface area contributed by atoms with Crippen molar-refractivity contribution >= 4 is 29.9 Å². The van der Waals surface area contributed by atoms with Crippen molar-refractivity contribution in [2.45, 2.75) is 101 Å². The summed E-state index contributed by atoms with van der Waals surface area (Å²) in [4.78, 5) is 0.820. The summed E-state index contributed by atoms with van der Waals surface area (Å²) in [6.45, 7) is 17.6. The van der Waals surface area contributed by atoms with Crippen molar-refractivity contribution in [2.24, 2.45) is 0 Å². The molecule has 0 N–H and O–H groups in total. The molecule has 0 saturated heterocycles. The summed E-state index contributed by atoms with van der Waals surface area (Å²) in [6, 6.07) is 14.5. The third-order valence-corrected chi connectivity index (χ3v) is 9.02. The predicted molar refractivity (Wildman–Crippen MR) is 151 cm³/mol. The minimum atomic E-state index is -4.65. The fourth-order valence-corrected chi connectivity index (χ4v) is 7.50. The summed E-state index contributed by atoms with van der Waals surface area (Å²) in [5.74, 6) is 0.362. The van der Waals surface area contributed by atoms with Crippen molar-refractivity contribution < 1.29 is 21.8 Å². The molecule has 0 aliphatic carbocycles. The maximum Gasteiger partial charge on any atom is 0.417 e. The molecule has 3 rings (SSSR count).